The zero-order valence-corrected chi connectivity index (χ0v) is 33.5. The van der Waals surface area contributed by atoms with Crippen LogP contribution in [0.2, 0.25) is 0 Å². The molecular formula is C39H48N6O9S2. The van der Waals surface area contributed by atoms with Gasteiger partial charge in [-0.2, -0.15) is 0 Å². The van der Waals surface area contributed by atoms with Crippen LogP contribution in [-0.2, 0) is 24.4 Å². The van der Waals surface area contributed by atoms with Gasteiger partial charge in [0.1, 0.15) is 34.5 Å². The van der Waals surface area contributed by atoms with E-state index in [4.69, 9.17) is 9.47 Å². The number of hydrogen-bond donors (Lipinski definition) is 4. The van der Waals surface area contributed by atoms with Gasteiger partial charge in [-0.3, -0.25) is 19.1 Å². The Hall–Kier alpha value is -4.77. The van der Waals surface area contributed by atoms with Crippen molar-refractivity contribution in [3.8, 4) is 22.2 Å². The number of sulfonamides is 1. The molecule has 0 unspecified atom stereocenters. The number of aromatic nitrogens is 2. The summed E-state index contributed by atoms with van der Waals surface area (Å²) in [6.07, 6.45) is 8.49. The average molecular weight is 809 g/mol. The van der Waals surface area contributed by atoms with Gasteiger partial charge in [-0.05, 0) is 75.5 Å². The van der Waals surface area contributed by atoms with Crippen LogP contribution in [0.1, 0.15) is 72.1 Å². The summed E-state index contributed by atoms with van der Waals surface area (Å²) in [4.78, 5) is 65.7. The topological polar surface area (TPSA) is 206 Å². The molecule has 0 radical (unpaired) electrons. The number of carbonyl (C=O) groups excluding carboxylic acids is 3. The lowest BCUT2D eigenvalue weighted by Crippen LogP contribution is -2.59. The number of nitrogens with one attached hydrogen (secondary N) is 3. The largest absolute Gasteiger partial charge is 0.497 e. The molecule has 4 aliphatic rings. The van der Waals surface area contributed by atoms with E-state index in [9.17, 15) is 32.7 Å². The summed E-state index contributed by atoms with van der Waals surface area (Å²) in [5, 5.41) is 19.3. The summed E-state index contributed by atoms with van der Waals surface area (Å²) >= 11 is 1.45. The highest BCUT2D eigenvalue weighted by Crippen LogP contribution is 2.48. The van der Waals surface area contributed by atoms with E-state index in [-0.39, 0.29) is 37.1 Å². The van der Waals surface area contributed by atoms with Crippen molar-refractivity contribution in [3.05, 3.63) is 48.1 Å². The standard InChI is InChI=1S/C39H48N6O9S2/c1-5-23-16-22(2)8-6-7-9-24-19-39(24,36(48)44-56(51,52)38(3)12-13-38)43-32(46)30-18-26(21-45(30)35(47)31(23)42-37(49)50)54-33-27-11-10-25(53-4)17-28(27)29(20-41-33)34-40-14-15-55-34/h7,9-11,14-15,17,20,22-24,26,30-31,42H,5-6,8,12-13,16,18-19,21H2,1-4H3,(H,43,46)(H,44,48)(H,49,50)/b9-7-/t22-,23-,24-,26-,30+,31+,39-/m1/s1. The third-order valence-electron chi connectivity index (χ3n) is 11.9. The van der Waals surface area contributed by atoms with Crippen LogP contribution in [0.15, 0.2) is 48.1 Å². The van der Waals surface area contributed by atoms with Crippen LogP contribution < -0.4 is 24.8 Å². The number of thiazole rings is 1. The zero-order chi connectivity index (χ0) is 40.0. The molecule has 2 aliphatic carbocycles. The van der Waals surface area contributed by atoms with Gasteiger partial charge < -0.3 is 30.1 Å². The molecule has 1 saturated heterocycles. The first kappa shape index (κ1) is 39.5. The van der Waals surface area contributed by atoms with Gasteiger partial charge in [0.05, 0.1) is 18.4 Å². The molecule has 3 aromatic rings. The Bertz CT molecular complexity index is 2160. The van der Waals surface area contributed by atoms with E-state index in [1.165, 1.54) is 16.2 Å². The van der Waals surface area contributed by atoms with Gasteiger partial charge in [-0.1, -0.05) is 32.4 Å². The number of pyridine rings is 1. The number of carbonyl (C=O) groups is 4. The molecule has 300 valence electrons. The number of allylic oxidation sites excluding steroid dienone is 1. The SMILES string of the molecule is CC[C@@H]1C[C@H](C)CC/C=C\[C@@H]2C[C@@]2(C(=O)NS(=O)(=O)C2(C)CC2)NC(=O)[C@@H]2C[C@@H](Oc3ncc(-c4nccs4)c4cc(OC)ccc34)CN2C(=O)[C@H]1NC(=O)O. The number of ether oxygens (including phenoxy) is 2. The van der Waals surface area contributed by atoms with Gasteiger partial charge in [0.25, 0.3) is 5.91 Å². The molecular weight excluding hydrogens is 761 g/mol. The van der Waals surface area contributed by atoms with E-state index in [2.05, 4.69) is 32.2 Å². The number of fused-ring (bicyclic) bond motifs is 3. The fourth-order valence-corrected chi connectivity index (χ4v) is 10.0. The van der Waals surface area contributed by atoms with Crippen molar-refractivity contribution < 1.29 is 42.2 Å². The van der Waals surface area contributed by atoms with E-state index in [0.717, 1.165) is 22.4 Å². The number of carboxylic acid groups (broad SMARTS) is 1. The normalized spacial score (nSPS) is 29.5. The molecule has 3 fully saturated rings. The van der Waals surface area contributed by atoms with Gasteiger partial charge in [-0.15, -0.1) is 11.3 Å². The summed E-state index contributed by atoms with van der Waals surface area (Å²) in [7, 11) is -2.45. The maximum Gasteiger partial charge on any atom is 0.405 e. The first-order chi connectivity index (χ1) is 26.7. The summed E-state index contributed by atoms with van der Waals surface area (Å²) in [6.45, 7) is 5.46. The highest BCUT2D eigenvalue weighted by molar-refractivity contribution is 7.91. The average Bonchev–Trinajstić information content (AvgIpc) is 3.92. The predicted molar refractivity (Wildman–Crippen MR) is 209 cm³/mol. The van der Waals surface area contributed by atoms with E-state index >= 15 is 0 Å². The minimum absolute atomic E-state index is 0.00725. The van der Waals surface area contributed by atoms with Gasteiger partial charge in [0.15, 0.2) is 0 Å². The second kappa shape index (κ2) is 15.3. The van der Waals surface area contributed by atoms with Crippen molar-refractivity contribution in [2.45, 2.75) is 101 Å². The van der Waals surface area contributed by atoms with Crippen LogP contribution in [0.25, 0.3) is 21.3 Å². The Morgan fingerprint density at radius 2 is 1.95 bits per heavy atom. The molecule has 56 heavy (non-hydrogen) atoms. The second-order valence-electron chi connectivity index (χ2n) is 15.8. The summed E-state index contributed by atoms with van der Waals surface area (Å²) < 4.78 is 39.6. The molecule has 2 aliphatic heterocycles. The molecule has 15 nitrogen and oxygen atoms in total. The third-order valence-corrected chi connectivity index (χ3v) is 14.9. The number of rotatable bonds is 9. The summed E-state index contributed by atoms with van der Waals surface area (Å²) in [5.41, 5.74) is -0.787. The Labute approximate surface area is 329 Å². The van der Waals surface area contributed by atoms with Gasteiger partial charge in [-0.25, -0.2) is 23.2 Å². The molecule has 2 aromatic heterocycles. The molecule has 7 atom stereocenters. The van der Waals surface area contributed by atoms with E-state index < -0.39 is 68.2 Å². The Kier molecular flexibility index (Phi) is 10.8. The van der Waals surface area contributed by atoms with Crippen molar-refractivity contribution in [2.75, 3.05) is 13.7 Å². The lowest BCUT2D eigenvalue weighted by Gasteiger charge is -2.33. The number of methoxy groups -OCH3 is 1. The van der Waals surface area contributed by atoms with Gasteiger partial charge in [0.2, 0.25) is 27.7 Å². The van der Waals surface area contributed by atoms with Crippen LogP contribution in [0, 0.1) is 17.8 Å². The smallest absolute Gasteiger partial charge is 0.405 e. The van der Waals surface area contributed by atoms with Crippen molar-refractivity contribution in [1.82, 2.24) is 30.2 Å². The van der Waals surface area contributed by atoms with Crippen LogP contribution >= 0.6 is 11.3 Å². The molecule has 7 rings (SSSR count). The fourth-order valence-electron chi connectivity index (χ4n) is 8.05. The minimum Gasteiger partial charge on any atom is -0.497 e. The maximum atomic E-state index is 14.6. The molecule has 0 spiro atoms. The third kappa shape index (κ3) is 7.66. The molecule has 2 saturated carbocycles. The number of nitrogens with zero attached hydrogens (tertiary/aromatic N) is 3. The van der Waals surface area contributed by atoms with Gasteiger partial charge in [0, 0.05) is 46.4 Å². The lowest BCUT2D eigenvalue weighted by molar-refractivity contribution is -0.142. The highest BCUT2D eigenvalue weighted by atomic mass is 32.2. The maximum absolute atomic E-state index is 14.6. The summed E-state index contributed by atoms with van der Waals surface area (Å²) in [6, 6.07) is 3.12. The minimum atomic E-state index is -4.02. The van der Waals surface area contributed by atoms with Crippen molar-refractivity contribution in [1.29, 1.82) is 0 Å². The predicted octanol–water partition coefficient (Wildman–Crippen LogP) is 4.63. The second-order valence-corrected chi connectivity index (χ2v) is 18.9. The molecule has 0 bridgehead atoms. The zero-order valence-electron chi connectivity index (χ0n) is 31.8. The number of benzene rings is 1. The number of amides is 4. The van der Waals surface area contributed by atoms with Crippen molar-refractivity contribution in [3.63, 3.8) is 0 Å². The quantitative estimate of drug-likeness (QED) is 0.219. The van der Waals surface area contributed by atoms with E-state index in [1.54, 1.807) is 32.5 Å². The van der Waals surface area contributed by atoms with Crippen LogP contribution in [0.3, 0.4) is 0 Å². The first-order valence-corrected chi connectivity index (χ1v) is 21.4. The highest BCUT2D eigenvalue weighted by Gasteiger charge is 2.63. The Morgan fingerprint density at radius 1 is 1.16 bits per heavy atom. The Morgan fingerprint density at radius 3 is 2.62 bits per heavy atom. The van der Waals surface area contributed by atoms with Gasteiger partial charge >= 0.3 is 6.09 Å². The molecule has 4 N–H and O–H groups in total. The Balaban J connectivity index is 1.24. The van der Waals surface area contributed by atoms with Crippen LogP contribution in [0.4, 0.5) is 4.79 Å². The molecule has 4 heterocycles. The molecule has 1 aromatic carbocycles. The summed E-state index contributed by atoms with van der Waals surface area (Å²) in [5.74, 6) is -1.93. The molecule has 4 amide bonds. The first-order valence-electron chi connectivity index (χ1n) is 19.1. The fraction of sp³-hybridized carbons (Fsp3) is 0.538. The van der Waals surface area contributed by atoms with Crippen LogP contribution in [-0.4, -0.2) is 94.3 Å². The van der Waals surface area contributed by atoms with Crippen molar-refractivity contribution in [2.24, 2.45) is 17.8 Å². The van der Waals surface area contributed by atoms with Crippen LogP contribution in [0.5, 0.6) is 11.6 Å². The van der Waals surface area contributed by atoms with Crippen molar-refractivity contribution >= 4 is 55.9 Å². The molecule has 17 heteroatoms. The van der Waals surface area contributed by atoms with E-state index in [1.807, 2.05) is 36.6 Å². The van der Waals surface area contributed by atoms with E-state index in [0.29, 0.717) is 43.2 Å². The lowest BCUT2D eigenvalue weighted by atomic mass is 9.85. The monoisotopic (exact) mass is 808 g/mol. The number of hydrogen-bond acceptors (Lipinski definition) is 11.